The summed E-state index contributed by atoms with van der Waals surface area (Å²) < 4.78 is 0. The molecule has 2 aliphatic heterocycles. The van der Waals surface area contributed by atoms with Gasteiger partial charge in [0.2, 0.25) is 0 Å². The second-order valence-electron chi connectivity index (χ2n) is 4.82. The zero-order valence-corrected chi connectivity index (χ0v) is 10.4. The molecule has 3 heterocycles. The SMILES string of the molecule is Nc1n[nH]c2c1=C1C=Cc3ccccc3N1CCC=2. The summed E-state index contributed by atoms with van der Waals surface area (Å²) in [5.74, 6) is 0.567. The number of hydrogen-bond donors (Lipinski definition) is 2. The number of H-pyrrole nitrogens is 1. The van der Waals surface area contributed by atoms with Crippen LogP contribution in [0.4, 0.5) is 11.5 Å². The Labute approximate surface area is 110 Å². The third-order valence-corrected chi connectivity index (χ3v) is 3.72. The molecule has 19 heavy (non-hydrogen) atoms. The van der Waals surface area contributed by atoms with E-state index in [2.05, 4.69) is 57.6 Å². The average Bonchev–Trinajstić information content (AvgIpc) is 2.70. The second-order valence-corrected chi connectivity index (χ2v) is 4.82. The maximum absolute atomic E-state index is 6.01. The standard InChI is InChI=1S/C15H14N4/c16-15-14-11(17-18-15)5-3-9-19-12-6-2-1-4-10(12)7-8-13(14)19/h1-2,4-8,17H,3,9H2,(H2,16,18). The Morgan fingerprint density at radius 2 is 2.11 bits per heavy atom. The Hall–Kier alpha value is -2.49. The van der Waals surface area contributed by atoms with Crippen LogP contribution in [0, 0.1) is 0 Å². The molecule has 4 nitrogen and oxygen atoms in total. The summed E-state index contributed by atoms with van der Waals surface area (Å²) in [4.78, 5) is 2.32. The van der Waals surface area contributed by atoms with E-state index in [9.17, 15) is 0 Å². The topological polar surface area (TPSA) is 57.9 Å². The fraction of sp³-hybridized carbons (Fsp3) is 0.133. The Bertz CT molecular complexity index is 798. The van der Waals surface area contributed by atoms with Crippen molar-refractivity contribution in [3.8, 4) is 0 Å². The molecule has 2 aromatic rings. The van der Waals surface area contributed by atoms with Gasteiger partial charge in [0.05, 0.1) is 16.3 Å². The lowest BCUT2D eigenvalue weighted by Gasteiger charge is -2.29. The third-order valence-electron chi connectivity index (χ3n) is 3.72. The summed E-state index contributed by atoms with van der Waals surface area (Å²) in [5, 5.41) is 9.18. The van der Waals surface area contributed by atoms with Gasteiger partial charge >= 0.3 is 0 Å². The van der Waals surface area contributed by atoms with Gasteiger partial charge in [-0.3, -0.25) is 5.10 Å². The molecule has 4 rings (SSSR count). The Morgan fingerprint density at radius 1 is 1.21 bits per heavy atom. The maximum Gasteiger partial charge on any atom is 0.155 e. The van der Waals surface area contributed by atoms with Crippen LogP contribution in [-0.2, 0) is 0 Å². The van der Waals surface area contributed by atoms with Crippen molar-refractivity contribution in [3.63, 3.8) is 0 Å². The number of nitrogens with two attached hydrogens (primary N) is 1. The summed E-state index contributed by atoms with van der Waals surface area (Å²) in [6.45, 7) is 0.957. The first-order valence-electron chi connectivity index (χ1n) is 6.43. The van der Waals surface area contributed by atoms with Gasteiger partial charge in [-0.25, -0.2) is 0 Å². The third kappa shape index (κ3) is 1.43. The second kappa shape index (κ2) is 3.75. The summed E-state index contributed by atoms with van der Waals surface area (Å²) in [7, 11) is 0. The van der Waals surface area contributed by atoms with E-state index in [1.165, 1.54) is 11.3 Å². The Morgan fingerprint density at radius 3 is 3.05 bits per heavy atom. The first-order valence-corrected chi connectivity index (χ1v) is 6.43. The number of nitrogens with one attached hydrogen (secondary N) is 1. The lowest BCUT2D eigenvalue weighted by Crippen LogP contribution is -2.33. The van der Waals surface area contributed by atoms with E-state index in [4.69, 9.17) is 5.73 Å². The molecule has 0 fully saturated rings. The van der Waals surface area contributed by atoms with Crippen molar-refractivity contribution in [1.82, 2.24) is 10.2 Å². The number of benzene rings is 1. The lowest BCUT2D eigenvalue weighted by molar-refractivity contribution is 0.969. The van der Waals surface area contributed by atoms with Crippen LogP contribution < -0.4 is 21.2 Å². The normalized spacial score (nSPS) is 16.2. The van der Waals surface area contributed by atoms with Gasteiger partial charge < -0.3 is 10.6 Å². The fourth-order valence-corrected chi connectivity index (χ4v) is 2.85. The minimum absolute atomic E-state index is 0.567. The number of aromatic amines is 1. The number of hydrogen-bond acceptors (Lipinski definition) is 3. The van der Waals surface area contributed by atoms with E-state index in [-0.39, 0.29) is 0 Å². The first-order chi connectivity index (χ1) is 9.34. The number of fused-ring (bicyclic) bond motifs is 4. The first kappa shape index (κ1) is 10.4. The summed E-state index contributed by atoms with van der Waals surface area (Å²) in [6.07, 6.45) is 7.41. The summed E-state index contributed by atoms with van der Waals surface area (Å²) in [6, 6.07) is 8.43. The van der Waals surface area contributed by atoms with Crippen LogP contribution in [0.25, 0.3) is 17.8 Å². The number of anilines is 2. The molecule has 0 atom stereocenters. The number of rotatable bonds is 0. The molecule has 0 saturated heterocycles. The van der Waals surface area contributed by atoms with Crippen LogP contribution in [0.1, 0.15) is 12.0 Å². The van der Waals surface area contributed by atoms with Gasteiger partial charge in [-0.2, -0.15) is 5.10 Å². The Balaban J connectivity index is 2.09. The molecule has 0 aliphatic carbocycles. The van der Waals surface area contributed by atoms with Gasteiger partial charge in [-0.05, 0) is 24.1 Å². The van der Waals surface area contributed by atoms with Crippen LogP contribution in [0.15, 0.2) is 30.3 Å². The smallest absolute Gasteiger partial charge is 0.155 e. The maximum atomic E-state index is 6.01. The van der Waals surface area contributed by atoms with Crippen LogP contribution in [0.5, 0.6) is 0 Å². The van der Waals surface area contributed by atoms with Crippen molar-refractivity contribution < 1.29 is 0 Å². The van der Waals surface area contributed by atoms with Crippen molar-refractivity contribution in [2.45, 2.75) is 6.42 Å². The van der Waals surface area contributed by atoms with E-state index in [0.29, 0.717) is 5.82 Å². The largest absolute Gasteiger partial charge is 0.382 e. The molecule has 0 radical (unpaired) electrons. The van der Waals surface area contributed by atoms with Crippen molar-refractivity contribution >= 4 is 29.4 Å². The molecule has 4 heteroatoms. The molecule has 3 N–H and O–H groups in total. The zero-order valence-electron chi connectivity index (χ0n) is 10.4. The summed E-state index contributed by atoms with van der Waals surface area (Å²) >= 11 is 0. The van der Waals surface area contributed by atoms with Crippen LogP contribution >= 0.6 is 0 Å². The molecule has 0 saturated carbocycles. The predicted molar refractivity (Wildman–Crippen MR) is 77.6 cm³/mol. The highest BCUT2D eigenvalue weighted by Gasteiger charge is 2.20. The quantitative estimate of drug-likeness (QED) is 0.727. The van der Waals surface area contributed by atoms with Crippen molar-refractivity contribution in [3.05, 3.63) is 46.5 Å². The van der Waals surface area contributed by atoms with Crippen LogP contribution in [-0.4, -0.2) is 16.7 Å². The van der Waals surface area contributed by atoms with Crippen molar-refractivity contribution in [2.24, 2.45) is 0 Å². The van der Waals surface area contributed by atoms with E-state index in [1.54, 1.807) is 0 Å². The zero-order chi connectivity index (χ0) is 12.8. The predicted octanol–water partition coefficient (Wildman–Crippen LogP) is 0.818. The van der Waals surface area contributed by atoms with E-state index >= 15 is 0 Å². The monoisotopic (exact) mass is 250 g/mol. The minimum Gasteiger partial charge on any atom is -0.382 e. The Kier molecular flexibility index (Phi) is 2.06. The van der Waals surface area contributed by atoms with Gasteiger partial charge in [-0.1, -0.05) is 30.4 Å². The molecule has 2 aliphatic rings. The number of nitrogen functional groups attached to an aromatic ring is 1. The number of para-hydroxylation sites is 1. The van der Waals surface area contributed by atoms with Crippen molar-refractivity contribution in [1.29, 1.82) is 0 Å². The van der Waals surface area contributed by atoms with Gasteiger partial charge in [0.15, 0.2) is 5.82 Å². The molecule has 0 amide bonds. The molecule has 0 unspecified atom stereocenters. The van der Waals surface area contributed by atoms with Gasteiger partial charge in [0.1, 0.15) is 0 Å². The van der Waals surface area contributed by atoms with E-state index in [0.717, 1.165) is 29.2 Å². The highest BCUT2D eigenvalue weighted by Crippen LogP contribution is 2.31. The van der Waals surface area contributed by atoms with E-state index in [1.807, 2.05) is 0 Å². The highest BCUT2D eigenvalue weighted by atomic mass is 15.2. The van der Waals surface area contributed by atoms with Gasteiger partial charge in [0.25, 0.3) is 0 Å². The molecule has 0 spiro atoms. The summed E-state index contributed by atoms with van der Waals surface area (Å²) in [5.41, 5.74) is 9.63. The molecule has 1 aromatic heterocycles. The van der Waals surface area contributed by atoms with Gasteiger partial charge in [0, 0.05) is 12.2 Å². The van der Waals surface area contributed by atoms with E-state index < -0.39 is 0 Å². The molecule has 1 aromatic carbocycles. The molecule has 0 bridgehead atoms. The highest BCUT2D eigenvalue weighted by molar-refractivity contribution is 5.89. The van der Waals surface area contributed by atoms with Gasteiger partial charge in [-0.15, -0.1) is 0 Å². The number of aromatic nitrogens is 2. The minimum atomic E-state index is 0.567. The molecular formula is C15H14N4. The number of nitrogens with zero attached hydrogens (tertiary/aromatic N) is 2. The molecule has 94 valence electrons. The lowest BCUT2D eigenvalue weighted by atomic mass is 10.1. The van der Waals surface area contributed by atoms with Crippen LogP contribution in [0.3, 0.4) is 0 Å². The van der Waals surface area contributed by atoms with Crippen molar-refractivity contribution in [2.75, 3.05) is 17.2 Å². The average molecular weight is 250 g/mol. The fourth-order valence-electron chi connectivity index (χ4n) is 2.85. The van der Waals surface area contributed by atoms with Crippen LogP contribution in [0.2, 0.25) is 0 Å². The molecular weight excluding hydrogens is 236 g/mol.